The molecule has 3 heteroatoms. The molecule has 1 N–H and O–H groups in total. The topological polar surface area (TPSA) is 24.9 Å². The van der Waals surface area contributed by atoms with Gasteiger partial charge in [0.15, 0.2) is 0 Å². The molecule has 0 saturated heterocycles. The summed E-state index contributed by atoms with van der Waals surface area (Å²) in [7, 11) is 0. The number of anilines is 1. The largest absolute Gasteiger partial charge is 0.384 e. The number of rotatable bonds is 5. The van der Waals surface area contributed by atoms with E-state index in [1.807, 2.05) is 30.0 Å². The molecule has 0 atom stereocenters. The summed E-state index contributed by atoms with van der Waals surface area (Å²) in [6.45, 7) is 0.962. The zero-order valence-electron chi connectivity index (χ0n) is 8.97. The van der Waals surface area contributed by atoms with E-state index >= 15 is 0 Å². The third-order valence-electron chi connectivity index (χ3n) is 2.12. The minimum atomic E-state index is 0.962. The number of pyridine rings is 1. The lowest BCUT2D eigenvalue weighted by atomic mass is 10.4. The maximum atomic E-state index is 3.98. The number of thioether (sulfide) groups is 1. The zero-order valence-corrected chi connectivity index (χ0v) is 9.78. The number of aromatic nitrogens is 1. The van der Waals surface area contributed by atoms with Gasteiger partial charge in [0.1, 0.15) is 0 Å². The summed E-state index contributed by atoms with van der Waals surface area (Å²) in [4.78, 5) is 5.29. The summed E-state index contributed by atoms with van der Waals surface area (Å²) < 4.78 is 0. The maximum Gasteiger partial charge on any atom is 0.0371 e. The Bertz CT molecular complexity index is 361. The third-order valence-corrected chi connectivity index (χ3v) is 3.14. The number of benzene rings is 1. The van der Waals surface area contributed by atoms with Crippen molar-refractivity contribution in [3.8, 4) is 0 Å². The zero-order chi connectivity index (χ0) is 11.1. The minimum Gasteiger partial charge on any atom is -0.384 e. The monoisotopic (exact) mass is 230 g/mol. The van der Waals surface area contributed by atoms with E-state index in [4.69, 9.17) is 0 Å². The fourth-order valence-corrected chi connectivity index (χ4v) is 2.14. The van der Waals surface area contributed by atoms with Crippen LogP contribution < -0.4 is 5.32 Å². The SMILES string of the molecule is c1ccc(SCCNc2ccncc2)cc1. The van der Waals surface area contributed by atoms with Crippen molar-refractivity contribution < 1.29 is 0 Å². The van der Waals surface area contributed by atoms with Gasteiger partial charge in [-0.2, -0.15) is 0 Å². The molecule has 82 valence electrons. The molecule has 0 radical (unpaired) electrons. The van der Waals surface area contributed by atoms with Crippen molar-refractivity contribution in [2.45, 2.75) is 4.90 Å². The van der Waals surface area contributed by atoms with Crippen LogP contribution in [0.25, 0.3) is 0 Å². The van der Waals surface area contributed by atoms with Gasteiger partial charge in [0, 0.05) is 35.3 Å². The predicted molar refractivity (Wildman–Crippen MR) is 69.9 cm³/mol. The molecule has 0 spiro atoms. The lowest BCUT2D eigenvalue weighted by molar-refractivity contribution is 1.21. The number of hydrogen-bond acceptors (Lipinski definition) is 3. The average Bonchev–Trinajstić information content (AvgIpc) is 2.37. The van der Waals surface area contributed by atoms with E-state index in [-0.39, 0.29) is 0 Å². The molecule has 0 unspecified atom stereocenters. The van der Waals surface area contributed by atoms with E-state index < -0.39 is 0 Å². The molecule has 2 nitrogen and oxygen atoms in total. The van der Waals surface area contributed by atoms with E-state index in [9.17, 15) is 0 Å². The lowest BCUT2D eigenvalue weighted by Crippen LogP contribution is -2.03. The van der Waals surface area contributed by atoms with Crippen LogP contribution in [0.2, 0.25) is 0 Å². The predicted octanol–water partition coefficient (Wildman–Crippen LogP) is 3.29. The van der Waals surface area contributed by atoms with E-state index in [1.54, 1.807) is 12.4 Å². The Morgan fingerprint density at radius 1 is 1.00 bits per heavy atom. The number of nitrogens with one attached hydrogen (secondary N) is 1. The summed E-state index contributed by atoms with van der Waals surface area (Å²) in [5, 5.41) is 3.35. The second-order valence-electron chi connectivity index (χ2n) is 3.32. The van der Waals surface area contributed by atoms with Crippen LogP contribution in [0.4, 0.5) is 5.69 Å². The Balaban J connectivity index is 1.70. The highest BCUT2D eigenvalue weighted by Gasteiger charge is 1.93. The van der Waals surface area contributed by atoms with Gasteiger partial charge in [0.05, 0.1) is 0 Å². The van der Waals surface area contributed by atoms with E-state index in [0.717, 1.165) is 18.0 Å². The van der Waals surface area contributed by atoms with Gasteiger partial charge in [-0.3, -0.25) is 4.98 Å². The van der Waals surface area contributed by atoms with Crippen LogP contribution in [-0.4, -0.2) is 17.3 Å². The van der Waals surface area contributed by atoms with Gasteiger partial charge in [-0.15, -0.1) is 11.8 Å². The first-order valence-corrected chi connectivity index (χ1v) is 6.25. The molecule has 0 fully saturated rings. The van der Waals surface area contributed by atoms with Crippen molar-refractivity contribution in [1.29, 1.82) is 0 Å². The van der Waals surface area contributed by atoms with Crippen LogP contribution >= 0.6 is 11.8 Å². The molecular weight excluding hydrogens is 216 g/mol. The Morgan fingerprint density at radius 2 is 1.75 bits per heavy atom. The minimum absolute atomic E-state index is 0.962. The van der Waals surface area contributed by atoms with Crippen LogP contribution in [0.15, 0.2) is 59.8 Å². The second-order valence-corrected chi connectivity index (χ2v) is 4.49. The second kappa shape index (κ2) is 6.18. The van der Waals surface area contributed by atoms with Crippen molar-refractivity contribution in [3.63, 3.8) is 0 Å². The molecule has 1 aromatic carbocycles. The Hall–Kier alpha value is -1.48. The smallest absolute Gasteiger partial charge is 0.0371 e. The summed E-state index contributed by atoms with van der Waals surface area (Å²) >= 11 is 1.86. The highest BCUT2D eigenvalue weighted by atomic mass is 32.2. The highest BCUT2D eigenvalue weighted by Crippen LogP contribution is 2.16. The average molecular weight is 230 g/mol. The molecule has 16 heavy (non-hydrogen) atoms. The molecule has 2 aromatic rings. The van der Waals surface area contributed by atoms with Crippen LogP contribution in [0.3, 0.4) is 0 Å². The summed E-state index contributed by atoms with van der Waals surface area (Å²) in [5.41, 5.74) is 1.13. The Morgan fingerprint density at radius 3 is 2.50 bits per heavy atom. The van der Waals surface area contributed by atoms with Gasteiger partial charge in [-0.25, -0.2) is 0 Å². The fourth-order valence-electron chi connectivity index (χ4n) is 1.35. The summed E-state index contributed by atoms with van der Waals surface area (Å²) in [6, 6.07) is 14.4. The maximum absolute atomic E-state index is 3.98. The number of hydrogen-bond donors (Lipinski definition) is 1. The first-order valence-electron chi connectivity index (χ1n) is 5.27. The van der Waals surface area contributed by atoms with Crippen LogP contribution in [0.5, 0.6) is 0 Å². The number of nitrogens with zero attached hydrogens (tertiary/aromatic N) is 1. The van der Waals surface area contributed by atoms with Crippen LogP contribution in [-0.2, 0) is 0 Å². The highest BCUT2D eigenvalue weighted by molar-refractivity contribution is 7.99. The van der Waals surface area contributed by atoms with E-state index in [0.29, 0.717) is 0 Å². The summed E-state index contributed by atoms with van der Waals surface area (Å²) in [5.74, 6) is 1.06. The fraction of sp³-hybridized carbons (Fsp3) is 0.154. The van der Waals surface area contributed by atoms with Crippen LogP contribution in [0, 0.1) is 0 Å². The molecule has 0 saturated carbocycles. The van der Waals surface area contributed by atoms with Crippen molar-refractivity contribution >= 4 is 17.4 Å². The Labute approximate surface area is 100 Å². The molecular formula is C13H14N2S. The molecule has 0 aliphatic rings. The molecule has 0 amide bonds. The van der Waals surface area contributed by atoms with Crippen molar-refractivity contribution in [3.05, 3.63) is 54.9 Å². The van der Waals surface area contributed by atoms with Gasteiger partial charge in [0.25, 0.3) is 0 Å². The lowest BCUT2D eigenvalue weighted by Gasteiger charge is -2.05. The molecule has 0 bridgehead atoms. The third kappa shape index (κ3) is 3.59. The molecule has 1 heterocycles. The summed E-state index contributed by atoms with van der Waals surface area (Å²) in [6.07, 6.45) is 3.60. The van der Waals surface area contributed by atoms with Crippen molar-refractivity contribution in [2.24, 2.45) is 0 Å². The quantitative estimate of drug-likeness (QED) is 0.630. The van der Waals surface area contributed by atoms with Gasteiger partial charge in [-0.05, 0) is 24.3 Å². The molecule has 2 rings (SSSR count). The van der Waals surface area contributed by atoms with Gasteiger partial charge in [-0.1, -0.05) is 18.2 Å². The van der Waals surface area contributed by atoms with E-state index in [1.165, 1.54) is 4.90 Å². The van der Waals surface area contributed by atoms with Crippen LogP contribution in [0.1, 0.15) is 0 Å². The molecule has 0 aliphatic heterocycles. The standard InChI is InChI=1S/C13H14N2S/c1-2-4-13(5-3-1)16-11-10-15-12-6-8-14-9-7-12/h1-9H,10-11H2,(H,14,15). The normalized spacial score (nSPS) is 10.0. The Kier molecular flexibility index (Phi) is 4.26. The molecule has 0 aliphatic carbocycles. The van der Waals surface area contributed by atoms with Crippen molar-refractivity contribution in [1.82, 2.24) is 4.98 Å². The van der Waals surface area contributed by atoms with Gasteiger partial charge >= 0.3 is 0 Å². The van der Waals surface area contributed by atoms with Crippen molar-refractivity contribution in [2.75, 3.05) is 17.6 Å². The van der Waals surface area contributed by atoms with Gasteiger partial charge < -0.3 is 5.32 Å². The first-order chi connectivity index (χ1) is 7.95. The van der Waals surface area contributed by atoms with Gasteiger partial charge in [0.2, 0.25) is 0 Å². The first kappa shape index (κ1) is 11.0. The van der Waals surface area contributed by atoms with E-state index in [2.05, 4.69) is 34.6 Å². The molecule has 1 aromatic heterocycles.